The van der Waals surface area contributed by atoms with E-state index in [1.165, 1.54) is 0 Å². The van der Waals surface area contributed by atoms with E-state index in [1.54, 1.807) is 11.3 Å². The fraction of sp³-hybridized carbons (Fsp3) is 0.0769. The van der Waals surface area contributed by atoms with E-state index in [2.05, 4.69) is 31.9 Å². The Bertz CT molecular complexity index is 704. The molecular weight excluding hydrogens is 378 g/mol. The molecule has 0 saturated carbocycles. The summed E-state index contributed by atoms with van der Waals surface area (Å²) in [7, 11) is 0. The fourth-order valence-corrected chi connectivity index (χ4v) is 3.73. The van der Waals surface area contributed by atoms with Crippen LogP contribution >= 0.6 is 43.2 Å². The third-order valence-corrected chi connectivity index (χ3v) is 5.05. The van der Waals surface area contributed by atoms with Crippen LogP contribution in [-0.4, -0.2) is 0 Å². The highest BCUT2D eigenvalue weighted by Gasteiger charge is 2.16. The van der Waals surface area contributed by atoms with E-state index in [0.717, 1.165) is 29.9 Å². The molecule has 3 rings (SSSR count). The maximum atomic E-state index is 6.22. The van der Waals surface area contributed by atoms with Crippen molar-refractivity contribution in [2.75, 3.05) is 0 Å². The average Bonchev–Trinajstić information content (AvgIpc) is 2.95. The number of rotatable bonds is 2. The molecule has 3 aromatic rings. The van der Waals surface area contributed by atoms with Crippen molar-refractivity contribution in [3.63, 3.8) is 0 Å². The van der Waals surface area contributed by atoms with Gasteiger partial charge < -0.3 is 10.2 Å². The Balaban J connectivity index is 2.06. The van der Waals surface area contributed by atoms with Gasteiger partial charge in [0.1, 0.15) is 11.3 Å². The molecule has 0 amide bonds. The maximum absolute atomic E-state index is 6.22. The summed E-state index contributed by atoms with van der Waals surface area (Å²) in [6.07, 6.45) is 0. The van der Waals surface area contributed by atoms with E-state index in [9.17, 15) is 0 Å². The van der Waals surface area contributed by atoms with E-state index in [1.807, 2.05) is 36.4 Å². The van der Waals surface area contributed by atoms with E-state index in [0.29, 0.717) is 0 Å². The fourth-order valence-electron chi connectivity index (χ4n) is 1.84. The van der Waals surface area contributed by atoms with Crippen LogP contribution in [0.4, 0.5) is 0 Å². The summed E-state index contributed by atoms with van der Waals surface area (Å²) in [4.78, 5) is 1.08. The zero-order valence-corrected chi connectivity index (χ0v) is 13.2. The zero-order valence-electron chi connectivity index (χ0n) is 9.19. The maximum Gasteiger partial charge on any atom is 0.148 e. The minimum atomic E-state index is -0.222. The Labute approximate surface area is 125 Å². The molecule has 1 unspecified atom stereocenters. The first-order valence-electron chi connectivity index (χ1n) is 5.34. The lowest BCUT2D eigenvalue weighted by molar-refractivity contribution is 0.526. The summed E-state index contributed by atoms with van der Waals surface area (Å²) in [5.41, 5.74) is 7.07. The van der Waals surface area contributed by atoms with Gasteiger partial charge in [-0.15, -0.1) is 11.3 Å². The molecule has 1 aromatic carbocycles. The van der Waals surface area contributed by atoms with Gasteiger partial charge in [-0.3, -0.25) is 0 Å². The number of benzene rings is 1. The van der Waals surface area contributed by atoms with E-state index in [-0.39, 0.29) is 6.04 Å². The van der Waals surface area contributed by atoms with Gasteiger partial charge >= 0.3 is 0 Å². The van der Waals surface area contributed by atoms with E-state index >= 15 is 0 Å². The molecule has 1 atom stereocenters. The normalized spacial score (nSPS) is 13.1. The lowest BCUT2D eigenvalue weighted by Gasteiger charge is -2.04. The molecule has 92 valence electrons. The largest absolute Gasteiger partial charge is 0.458 e. The SMILES string of the molecule is NC(c1cc2cccc(Br)c2o1)c1ccc(Br)s1. The van der Waals surface area contributed by atoms with Crippen molar-refractivity contribution < 1.29 is 4.42 Å². The zero-order chi connectivity index (χ0) is 12.7. The predicted molar refractivity (Wildman–Crippen MR) is 82.0 cm³/mol. The van der Waals surface area contributed by atoms with Gasteiger partial charge in [-0.25, -0.2) is 0 Å². The van der Waals surface area contributed by atoms with Crippen LogP contribution in [-0.2, 0) is 0 Å². The second-order valence-electron chi connectivity index (χ2n) is 3.93. The summed E-state index contributed by atoms with van der Waals surface area (Å²) in [6.45, 7) is 0. The first-order valence-corrected chi connectivity index (χ1v) is 7.74. The van der Waals surface area contributed by atoms with Crippen LogP contribution in [0.1, 0.15) is 16.7 Å². The van der Waals surface area contributed by atoms with Crippen LogP contribution in [0.3, 0.4) is 0 Å². The highest BCUT2D eigenvalue weighted by atomic mass is 79.9. The van der Waals surface area contributed by atoms with Gasteiger partial charge in [0.25, 0.3) is 0 Å². The molecule has 2 heterocycles. The number of hydrogen-bond acceptors (Lipinski definition) is 3. The van der Waals surface area contributed by atoms with Crippen molar-refractivity contribution >= 4 is 54.2 Å². The van der Waals surface area contributed by atoms with Crippen LogP contribution in [0, 0.1) is 0 Å². The van der Waals surface area contributed by atoms with Gasteiger partial charge in [0.15, 0.2) is 0 Å². The Morgan fingerprint density at radius 3 is 2.67 bits per heavy atom. The lowest BCUT2D eigenvalue weighted by atomic mass is 10.2. The molecule has 0 saturated heterocycles. The predicted octanol–water partition coefficient (Wildman–Crippen LogP) is 5.07. The van der Waals surface area contributed by atoms with E-state index in [4.69, 9.17) is 10.2 Å². The van der Waals surface area contributed by atoms with Crippen molar-refractivity contribution in [1.29, 1.82) is 0 Å². The molecule has 2 aromatic heterocycles. The first kappa shape index (κ1) is 12.4. The van der Waals surface area contributed by atoms with Gasteiger partial charge in [-0.05, 0) is 56.1 Å². The van der Waals surface area contributed by atoms with Crippen molar-refractivity contribution in [1.82, 2.24) is 0 Å². The summed E-state index contributed by atoms with van der Waals surface area (Å²) in [5, 5.41) is 1.06. The molecule has 0 spiro atoms. The molecule has 0 radical (unpaired) electrons. The first-order chi connectivity index (χ1) is 8.65. The number of furan rings is 1. The number of fused-ring (bicyclic) bond motifs is 1. The highest BCUT2D eigenvalue weighted by molar-refractivity contribution is 9.11. The van der Waals surface area contributed by atoms with Crippen LogP contribution in [0.2, 0.25) is 0 Å². The van der Waals surface area contributed by atoms with Crippen molar-refractivity contribution in [2.45, 2.75) is 6.04 Å². The minimum absolute atomic E-state index is 0.222. The smallest absolute Gasteiger partial charge is 0.148 e. The van der Waals surface area contributed by atoms with E-state index < -0.39 is 0 Å². The third-order valence-electron chi connectivity index (χ3n) is 2.72. The molecule has 18 heavy (non-hydrogen) atoms. The van der Waals surface area contributed by atoms with Crippen LogP contribution < -0.4 is 5.73 Å². The molecular formula is C13H9Br2NOS. The van der Waals surface area contributed by atoms with Gasteiger partial charge in [0.2, 0.25) is 0 Å². The molecule has 0 aliphatic heterocycles. The van der Waals surface area contributed by atoms with Gasteiger partial charge in [0, 0.05) is 10.3 Å². The Hall–Kier alpha value is -0.620. The Morgan fingerprint density at radius 2 is 2.00 bits per heavy atom. The minimum Gasteiger partial charge on any atom is -0.458 e. The van der Waals surface area contributed by atoms with Crippen molar-refractivity contribution in [3.05, 3.63) is 55.3 Å². The van der Waals surface area contributed by atoms with Crippen LogP contribution in [0.25, 0.3) is 11.0 Å². The number of hydrogen-bond donors (Lipinski definition) is 1. The Morgan fingerprint density at radius 1 is 1.17 bits per heavy atom. The monoisotopic (exact) mass is 385 g/mol. The quantitative estimate of drug-likeness (QED) is 0.667. The molecule has 2 N–H and O–H groups in total. The second-order valence-corrected chi connectivity index (χ2v) is 7.28. The number of halogens is 2. The molecule has 0 bridgehead atoms. The molecule has 0 aliphatic carbocycles. The Kier molecular flexibility index (Phi) is 3.32. The number of nitrogens with two attached hydrogens (primary N) is 1. The van der Waals surface area contributed by atoms with Crippen molar-refractivity contribution in [2.24, 2.45) is 5.73 Å². The average molecular weight is 387 g/mol. The van der Waals surface area contributed by atoms with Gasteiger partial charge in [0.05, 0.1) is 14.3 Å². The van der Waals surface area contributed by atoms with Crippen LogP contribution in [0.5, 0.6) is 0 Å². The number of thiophene rings is 1. The van der Waals surface area contributed by atoms with Crippen molar-refractivity contribution in [3.8, 4) is 0 Å². The summed E-state index contributed by atoms with van der Waals surface area (Å²) in [6, 6.07) is 11.8. The topological polar surface area (TPSA) is 39.2 Å². The molecule has 5 heteroatoms. The lowest BCUT2D eigenvalue weighted by Crippen LogP contribution is -2.08. The summed E-state index contributed by atoms with van der Waals surface area (Å²) >= 11 is 8.55. The number of para-hydroxylation sites is 1. The van der Waals surface area contributed by atoms with Crippen LogP contribution in [0.15, 0.2) is 49.1 Å². The molecule has 2 nitrogen and oxygen atoms in total. The summed E-state index contributed by atoms with van der Waals surface area (Å²) < 4.78 is 7.87. The molecule has 0 fully saturated rings. The second kappa shape index (κ2) is 4.81. The summed E-state index contributed by atoms with van der Waals surface area (Å²) in [5.74, 6) is 0.784. The highest BCUT2D eigenvalue weighted by Crippen LogP contribution is 2.34. The standard InChI is InChI=1S/C13H9Br2NOS/c14-8-3-1-2-7-6-9(17-13(7)8)12(16)10-4-5-11(15)18-10/h1-6,12H,16H2. The van der Waals surface area contributed by atoms with Gasteiger partial charge in [-0.2, -0.15) is 0 Å². The third kappa shape index (κ3) is 2.16. The van der Waals surface area contributed by atoms with Gasteiger partial charge in [-0.1, -0.05) is 12.1 Å². The molecule has 0 aliphatic rings.